The zero-order valence-electron chi connectivity index (χ0n) is 24.4. The molecular formula is C30H33FN6O5S2. The molecule has 0 spiro atoms. The Morgan fingerprint density at radius 2 is 1.91 bits per heavy atom. The Morgan fingerprint density at radius 3 is 2.68 bits per heavy atom. The van der Waals surface area contributed by atoms with Gasteiger partial charge in [-0.15, -0.1) is 0 Å². The fourth-order valence-electron chi connectivity index (χ4n) is 5.03. The van der Waals surface area contributed by atoms with Crippen LogP contribution in [-0.4, -0.2) is 79.4 Å². The molecule has 0 aliphatic carbocycles. The third kappa shape index (κ3) is 7.20. The molecule has 0 amide bonds. The Hall–Kier alpha value is -4.01. The molecule has 0 saturated carbocycles. The van der Waals surface area contributed by atoms with Gasteiger partial charge in [0.25, 0.3) is 0 Å². The number of benzene rings is 2. The number of anilines is 3. The predicted molar refractivity (Wildman–Crippen MR) is 168 cm³/mol. The maximum atomic E-state index is 15.1. The van der Waals surface area contributed by atoms with E-state index in [2.05, 4.69) is 20.5 Å². The number of nitrogens with one attached hydrogen (secondary N) is 2. The maximum absolute atomic E-state index is 15.1. The summed E-state index contributed by atoms with van der Waals surface area (Å²) in [6, 6.07) is 12.2. The molecule has 6 rings (SSSR count). The number of ether oxygens (including phenoxy) is 3. The first-order valence-corrected chi connectivity index (χ1v) is 17.2. The van der Waals surface area contributed by atoms with Gasteiger partial charge in [0.2, 0.25) is 12.7 Å². The Bertz CT molecular complexity index is 1740. The van der Waals surface area contributed by atoms with Crippen molar-refractivity contribution in [2.75, 3.05) is 55.6 Å². The molecule has 2 aliphatic heterocycles. The molecule has 0 radical (unpaired) electrons. The van der Waals surface area contributed by atoms with Gasteiger partial charge in [-0.2, -0.15) is 0 Å². The van der Waals surface area contributed by atoms with E-state index < -0.39 is 15.7 Å². The zero-order valence-corrected chi connectivity index (χ0v) is 26.0. The monoisotopic (exact) mass is 640 g/mol. The highest BCUT2D eigenvalue weighted by molar-refractivity contribution is 7.90. The summed E-state index contributed by atoms with van der Waals surface area (Å²) >= 11 is 1.49. The van der Waals surface area contributed by atoms with Crippen LogP contribution in [0, 0.1) is 5.82 Å². The average molecular weight is 641 g/mol. The average Bonchev–Trinajstić information content (AvgIpc) is 3.65. The molecule has 14 heteroatoms. The van der Waals surface area contributed by atoms with Crippen LogP contribution >= 0.6 is 11.3 Å². The van der Waals surface area contributed by atoms with Crippen molar-refractivity contribution in [2.45, 2.75) is 25.9 Å². The molecule has 2 aliphatic rings. The van der Waals surface area contributed by atoms with E-state index in [0.29, 0.717) is 61.3 Å². The predicted octanol–water partition coefficient (Wildman–Crippen LogP) is 5.20. The highest BCUT2D eigenvalue weighted by atomic mass is 32.2. The van der Waals surface area contributed by atoms with Gasteiger partial charge >= 0.3 is 0 Å². The van der Waals surface area contributed by atoms with E-state index in [-0.39, 0.29) is 24.4 Å². The summed E-state index contributed by atoms with van der Waals surface area (Å²) in [5, 5.41) is 7.15. The summed E-state index contributed by atoms with van der Waals surface area (Å²) in [5.74, 6) is 1.49. The second-order valence-electron chi connectivity index (χ2n) is 10.6. The van der Waals surface area contributed by atoms with Gasteiger partial charge in [0.15, 0.2) is 28.2 Å². The fourth-order valence-corrected chi connectivity index (χ4v) is 6.65. The Morgan fingerprint density at radius 1 is 1.09 bits per heavy atom. The SMILES string of the molecule is CCNc1nc(-c2ccc3c(c2)OCO3)c(-c2ccnc(Nc3ccc(OC4CCN(CCS(C)(=O)=O)CC4)c(F)c3)n2)s1. The number of hydrogen-bond donors (Lipinski definition) is 2. The Labute approximate surface area is 259 Å². The van der Waals surface area contributed by atoms with Crippen molar-refractivity contribution in [3.63, 3.8) is 0 Å². The van der Waals surface area contributed by atoms with Crippen LogP contribution in [-0.2, 0) is 9.84 Å². The van der Waals surface area contributed by atoms with E-state index in [1.54, 1.807) is 18.3 Å². The van der Waals surface area contributed by atoms with E-state index in [9.17, 15) is 8.42 Å². The van der Waals surface area contributed by atoms with Crippen molar-refractivity contribution in [3.8, 4) is 39.1 Å². The number of likely N-dealkylation sites (tertiary alicyclic amines) is 1. The van der Waals surface area contributed by atoms with E-state index in [1.807, 2.05) is 31.2 Å². The molecule has 44 heavy (non-hydrogen) atoms. The lowest BCUT2D eigenvalue weighted by Crippen LogP contribution is -2.40. The summed E-state index contributed by atoms with van der Waals surface area (Å²) in [6.07, 6.45) is 4.16. The van der Waals surface area contributed by atoms with Crippen molar-refractivity contribution in [3.05, 3.63) is 54.5 Å². The van der Waals surface area contributed by atoms with Crippen LogP contribution in [0.1, 0.15) is 19.8 Å². The van der Waals surface area contributed by atoms with E-state index >= 15 is 4.39 Å². The lowest BCUT2D eigenvalue weighted by atomic mass is 10.1. The molecular weight excluding hydrogens is 607 g/mol. The highest BCUT2D eigenvalue weighted by Gasteiger charge is 2.23. The number of thiazole rings is 1. The van der Waals surface area contributed by atoms with Crippen molar-refractivity contribution in [1.82, 2.24) is 19.9 Å². The van der Waals surface area contributed by atoms with Gasteiger partial charge in [0.05, 0.1) is 22.0 Å². The van der Waals surface area contributed by atoms with Crippen molar-refractivity contribution < 1.29 is 27.0 Å². The van der Waals surface area contributed by atoms with Crippen LogP contribution < -0.4 is 24.8 Å². The van der Waals surface area contributed by atoms with Crippen LogP contribution in [0.3, 0.4) is 0 Å². The van der Waals surface area contributed by atoms with Gasteiger partial charge in [-0.05, 0) is 56.2 Å². The number of fused-ring (bicyclic) bond motifs is 1. The van der Waals surface area contributed by atoms with Crippen LogP contribution in [0.2, 0.25) is 0 Å². The summed E-state index contributed by atoms with van der Waals surface area (Å²) in [5.41, 5.74) is 2.77. The van der Waals surface area contributed by atoms with Gasteiger partial charge < -0.3 is 29.7 Å². The van der Waals surface area contributed by atoms with Gasteiger partial charge in [-0.25, -0.2) is 27.8 Å². The number of sulfone groups is 1. The standard InChI is InChI=1S/C30H33FN6O5S2/c1-3-32-30-36-27(19-4-6-25-26(16-19)41-18-40-25)28(43-30)23-8-11-33-29(35-23)34-20-5-7-24(22(31)17-20)42-21-9-12-37(13-10-21)14-15-44(2,38)39/h4-8,11,16-17,21H,3,9-10,12-15,18H2,1-2H3,(H,32,36)(H,33,34,35). The third-order valence-corrected chi connectivity index (χ3v) is 9.24. The quantitative estimate of drug-likeness (QED) is 0.225. The fraction of sp³-hybridized carbons (Fsp3) is 0.367. The number of aromatic nitrogens is 3. The molecule has 1 fully saturated rings. The van der Waals surface area contributed by atoms with Gasteiger partial charge in [-0.3, -0.25) is 0 Å². The maximum Gasteiger partial charge on any atom is 0.231 e. The van der Waals surface area contributed by atoms with E-state index in [1.165, 1.54) is 23.7 Å². The molecule has 2 aromatic heterocycles. The number of piperidine rings is 1. The minimum atomic E-state index is -3.00. The molecule has 2 aromatic carbocycles. The lowest BCUT2D eigenvalue weighted by Gasteiger charge is -2.32. The molecule has 0 bridgehead atoms. The molecule has 2 N–H and O–H groups in total. The Kier molecular flexibility index (Phi) is 8.82. The summed E-state index contributed by atoms with van der Waals surface area (Å²) in [7, 11) is -3.00. The van der Waals surface area contributed by atoms with Crippen molar-refractivity contribution in [1.29, 1.82) is 0 Å². The number of rotatable bonds is 11. The second kappa shape index (κ2) is 12.9. The number of halogens is 1. The molecule has 4 heterocycles. The van der Waals surface area contributed by atoms with Crippen LogP contribution in [0.4, 0.5) is 21.2 Å². The molecule has 0 atom stereocenters. The smallest absolute Gasteiger partial charge is 0.231 e. The second-order valence-corrected chi connectivity index (χ2v) is 13.9. The third-order valence-electron chi connectivity index (χ3n) is 7.28. The van der Waals surface area contributed by atoms with Crippen LogP contribution in [0.5, 0.6) is 17.2 Å². The molecule has 4 aromatic rings. The zero-order chi connectivity index (χ0) is 30.7. The van der Waals surface area contributed by atoms with Gasteiger partial charge in [0.1, 0.15) is 15.9 Å². The Balaban J connectivity index is 1.14. The minimum absolute atomic E-state index is 0.136. The first-order valence-electron chi connectivity index (χ1n) is 14.4. The molecule has 0 unspecified atom stereocenters. The minimum Gasteiger partial charge on any atom is -0.487 e. The van der Waals surface area contributed by atoms with Crippen LogP contribution in [0.15, 0.2) is 48.7 Å². The first-order chi connectivity index (χ1) is 21.2. The first kappa shape index (κ1) is 30.0. The molecule has 1 saturated heterocycles. The largest absolute Gasteiger partial charge is 0.487 e. The van der Waals surface area contributed by atoms with Crippen molar-refractivity contribution >= 4 is 37.9 Å². The summed E-state index contributed by atoms with van der Waals surface area (Å²) < 4.78 is 55.0. The van der Waals surface area contributed by atoms with Crippen molar-refractivity contribution in [2.24, 2.45) is 0 Å². The van der Waals surface area contributed by atoms with Crippen LogP contribution in [0.25, 0.3) is 21.8 Å². The number of nitrogens with zero attached hydrogens (tertiary/aromatic N) is 4. The molecule has 232 valence electrons. The topological polar surface area (TPSA) is 128 Å². The summed E-state index contributed by atoms with van der Waals surface area (Å²) in [4.78, 5) is 16.8. The highest BCUT2D eigenvalue weighted by Crippen LogP contribution is 2.42. The van der Waals surface area contributed by atoms with E-state index in [4.69, 9.17) is 24.2 Å². The normalized spacial score (nSPS) is 15.3. The van der Waals surface area contributed by atoms with Gasteiger partial charge in [0, 0.05) is 55.9 Å². The number of hydrogen-bond acceptors (Lipinski definition) is 12. The van der Waals surface area contributed by atoms with Gasteiger partial charge in [-0.1, -0.05) is 11.3 Å². The molecule has 11 nitrogen and oxygen atoms in total. The summed E-state index contributed by atoms with van der Waals surface area (Å²) in [6.45, 7) is 4.84. The van der Waals surface area contributed by atoms with E-state index in [0.717, 1.165) is 27.8 Å². The lowest BCUT2D eigenvalue weighted by molar-refractivity contribution is 0.100.